The second-order valence-corrected chi connectivity index (χ2v) is 3.76. The first-order valence-electron chi connectivity index (χ1n) is 6.87. The lowest BCUT2D eigenvalue weighted by molar-refractivity contribution is 0.794. The summed E-state index contributed by atoms with van der Waals surface area (Å²) in [5.74, 6) is 0. The molecule has 0 saturated carbocycles. The van der Waals surface area contributed by atoms with Crippen LogP contribution >= 0.6 is 0 Å². The molecule has 0 atom stereocenters. The Kier molecular flexibility index (Phi) is 16.1. The molecule has 0 fully saturated rings. The van der Waals surface area contributed by atoms with Crippen LogP contribution < -0.4 is 0 Å². The molecule has 0 unspecified atom stereocenters. The van der Waals surface area contributed by atoms with Gasteiger partial charge in [-0.15, -0.1) is 0 Å². The molecule has 0 N–H and O–H groups in total. The number of aryl methyl sites for hydroxylation is 2. The van der Waals surface area contributed by atoms with Crippen LogP contribution in [0.25, 0.3) is 0 Å². The highest BCUT2D eigenvalue weighted by Gasteiger charge is 1.90. The molecule has 0 radical (unpaired) electrons. The van der Waals surface area contributed by atoms with Crippen molar-refractivity contribution >= 4 is 0 Å². The van der Waals surface area contributed by atoms with Crippen LogP contribution in [-0.4, -0.2) is 0 Å². The van der Waals surface area contributed by atoms with Gasteiger partial charge >= 0.3 is 0 Å². The zero-order valence-corrected chi connectivity index (χ0v) is 12.6. The van der Waals surface area contributed by atoms with Crippen molar-refractivity contribution in [3.8, 4) is 0 Å². The Labute approximate surface area is 109 Å². The maximum atomic E-state index is 2.27. The van der Waals surface area contributed by atoms with Crippen LogP contribution in [-0.2, 0) is 6.42 Å². The third-order valence-electron chi connectivity index (χ3n) is 2.23. The van der Waals surface area contributed by atoms with E-state index in [-0.39, 0.29) is 0 Å². The van der Waals surface area contributed by atoms with E-state index in [1.807, 2.05) is 39.8 Å². The van der Waals surface area contributed by atoms with Crippen LogP contribution in [0.4, 0.5) is 0 Å². The number of hydrogen-bond acceptors (Lipinski definition) is 0. The number of unbranched alkanes of at least 4 members (excludes halogenated alkanes) is 1. The van der Waals surface area contributed by atoms with Crippen LogP contribution in [0, 0.1) is 6.92 Å². The Morgan fingerprint density at radius 2 is 1.65 bits per heavy atom. The SMILES string of the molecule is C/C=C\C.CC.CCCCc1cccc(C)c1. The molecule has 0 heterocycles. The maximum Gasteiger partial charge on any atom is -0.0279 e. The summed E-state index contributed by atoms with van der Waals surface area (Å²) < 4.78 is 0. The van der Waals surface area contributed by atoms with E-state index in [2.05, 4.69) is 38.1 Å². The molecule has 0 spiro atoms. The van der Waals surface area contributed by atoms with E-state index >= 15 is 0 Å². The van der Waals surface area contributed by atoms with Gasteiger partial charge in [0.25, 0.3) is 0 Å². The number of rotatable bonds is 3. The van der Waals surface area contributed by atoms with Crippen molar-refractivity contribution in [2.45, 2.75) is 60.8 Å². The average molecular weight is 234 g/mol. The molecular weight excluding hydrogens is 204 g/mol. The minimum Gasteiger partial charge on any atom is -0.0919 e. The van der Waals surface area contributed by atoms with Crippen molar-refractivity contribution in [1.82, 2.24) is 0 Å². The topological polar surface area (TPSA) is 0 Å². The number of hydrogen-bond donors (Lipinski definition) is 0. The van der Waals surface area contributed by atoms with Crippen molar-refractivity contribution in [1.29, 1.82) is 0 Å². The standard InChI is InChI=1S/C11H16.C4H8.C2H6/c1-3-4-7-11-8-5-6-10(2)9-11;1-3-4-2;1-2/h5-6,8-9H,3-4,7H2,1-2H3;3-4H,1-2H3;1-2H3/b;4-3-;. The van der Waals surface area contributed by atoms with Crippen LogP contribution in [0.1, 0.15) is 58.6 Å². The van der Waals surface area contributed by atoms with Gasteiger partial charge in [-0.1, -0.05) is 69.2 Å². The maximum absolute atomic E-state index is 2.27. The molecular formula is C17H30. The van der Waals surface area contributed by atoms with Gasteiger partial charge in [-0.05, 0) is 39.2 Å². The van der Waals surface area contributed by atoms with Gasteiger partial charge in [-0.2, -0.15) is 0 Å². The van der Waals surface area contributed by atoms with Gasteiger partial charge < -0.3 is 0 Å². The minimum atomic E-state index is 1.23. The summed E-state index contributed by atoms with van der Waals surface area (Å²) in [4.78, 5) is 0. The van der Waals surface area contributed by atoms with E-state index in [0.29, 0.717) is 0 Å². The zero-order valence-electron chi connectivity index (χ0n) is 12.6. The molecule has 0 aliphatic rings. The lowest BCUT2D eigenvalue weighted by atomic mass is 10.1. The highest BCUT2D eigenvalue weighted by molar-refractivity contribution is 5.22. The molecule has 1 rings (SSSR count). The van der Waals surface area contributed by atoms with Crippen molar-refractivity contribution in [3.05, 3.63) is 47.5 Å². The van der Waals surface area contributed by atoms with E-state index in [4.69, 9.17) is 0 Å². The minimum absolute atomic E-state index is 1.23. The Morgan fingerprint density at radius 3 is 2.06 bits per heavy atom. The van der Waals surface area contributed by atoms with Gasteiger partial charge in [-0.25, -0.2) is 0 Å². The Bertz CT molecular complexity index is 267. The van der Waals surface area contributed by atoms with E-state index in [1.165, 1.54) is 30.4 Å². The van der Waals surface area contributed by atoms with Crippen LogP contribution in [0.15, 0.2) is 36.4 Å². The monoisotopic (exact) mass is 234 g/mol. The molecule has 0 bridgehead atoms. The van der Waals surface area contributed by atoms with Gasteiger partial charge in [0.1, 0.15) is 0 Å². The highest BCUT2D eigenvalue weighted by atomic mass is 14.0. The van der Waals surface area contributed by atoms with Gasteiger partial charge in [0.2, 0.25) is 0 Å². The molecule has 98 valence electrons. The fourth-order valence-electron chi connectivity index (χ4n) is 1.25. The first kappa shape index (κ1) is 18.3. The second-order valence-electron chi connectivity index (χ2n) is 3.76. The molecule has 0 heteroatoms. The Hall–Kier alpha value is -1.04. The van der Waals surface area contributed by atoms with Crippen LogP contribution in [0.3, 0.4) is 0 Å². The van der Waals surface area contributed by atoms with Crippen molar-refractivity contribution < 1.29 is 0 Å². The molecule has 0 aliphatic carbocycles. The van der Waals surface area contributed by atoms with Crippen molar-refractivity contribution in [3.63, 3.8) is 0 Å². The molecule has 0 nitrogen and oxygen atoms in total. The summed E-state index contributed by atoms with van der Waals surface area (Å²) in [6.07, 6.45) is 7.83. The van der Waals surface area contributed by atoms with Crippen LogP contribution in [0.5, 0.6) is 0 Å². The fourth-order valence-corrected chi connectivity index (χ4v) is 1.25. The normalized spacial score (nSPS) is 9.06. The summed E-state index contributed by atoms with van der Waals surface area (Å²) in [6, 6.07) is 8.77. The third kappa shape index (κ3) is 12.9. The smallest absolute Gasteiger partial charge is 0.0279 e. The summed E-state index contributed by atoms with van der Waals surface area (Å²) in [7, 11) is 0. The van der Waals surface area contributed by atoms with E-state index in [9.17, 15) is 0 Å². The summed E-state index contributed by atoms with van der Waals surface area (Å²) in [5, 5.41) is 0. The number of benzene rings is 1. The molecule has 1 aromatic rings. The van der Waals surface area contributed by atoms with Crippen LogP contribution in [0.2, 0.25) is 0 Å². The van der Waals surface area contributed by atoms with E-state index in [0.717, 1.165) is 0 Å². The summed E-state index contributed by atoms with van der Waals surface area (Å²) in [6.45, 7) is 12.4. The van der Waals surface area contributed by atoms with Gasteiger partial charge in [0.15, 0.2) is 0 Å². The molecule has 0 aromatic heterocycles. The van der Waals surface area contributed by atoms with E-state index in [1.54, 1.807) is 0 Å². The molecule has 0 aliphatic heterocycles. The molecule has 17 heavy (non-hydrogen) atoms. The van der Waals surface area contributed by atoms with Crippen molar-refractivity contribution in [2.24, 2.45) is 0 Å². The number of allylic oxidation sites excluding steroid dienone is 2. The predicted molar refractivity (Wildman–Crippen MR) is 81.6 cm³/mol. The van der Waals surface area contributed by atoms with Crippen molar-refractivity contribution in [2.75, 3.05) is 0 Å². The Balaban J connectivity index is 0. The van der Waals surface area contributed by atoms with Gasteiger partial charge in [0.05, 0.1) is 0 Å². The van der Waals surface area contributed by atoms with Gasteiger partial charge in [-0.3, -0.25) is 0 Å². The second kappa shape index (κ2) is 15.0. The third-order valence-corrected chi connectivity index (χ3v) is 2.23. The molecule has 0 amide bonds. The summed E-state index contributed by atoms with van der Waals surface area (Å²) >= 11 is 0. The van der Waals surface area contributed by atoms with E-state index < -0.39 is 0 Å². The average Bonchev–Trinajstić information content (AvgIpc) is 2.39. The Morgan fingerprint density at radius 1 is 1.06 bits per heavy atom. The molecule has 0 saturated heterocycles. The first-order chi connectivity index (χ1) is 8.24. The lowest BCUT2D eigenvalue weighted by Crippen LogP contribution is -1.84. The highest BCUT2D eigenvalue weighted by Crippen LogP contribution is 2.07. The largest absolute Gasteiger partial charge is 0.0919 e. The summed E-state index contributed by atoms with van der Waals surface area (Å²) in [5.41, 5.74) is 2.85. The predicted octanol–water partition coefficient (Wildman–Crippen LogP) is 5.95. The lowest BCUT2D eigenvalue weighted by Gasteiger charge is -1.99. The quantitative estimate of drug-likeness (QED) is 0.567. The zero-order chi connectivity index (χ0) is 13.5. The molecule has 1 aromatic carbocycles. The first-order valence-corrected chi connectivity index (χ1v) is 6.87. The fraction of sp³-hybridized carbons (Fsp3) is 0.529. The van der Waals surface area contributed by atoms with Gasteiger partial charge in [0, 0.05) is 0 Å².